The molecule has 0 amide bonds. The quantitative estimate of drug-likeness (QED) is 0.885. The summed E-state index contributed by atoms with van der Waals surface area (Å²) in [5.41, 5.74) is 2.33. The average molecular weight is 319 g/mol. The van der Waals surface area contributed by atoms with E-state index in [1.165, 1.54) is 0 Å². The van der Waals surface area contributed by atoms with Crippen molar-refractivity contribution in [2.45, 2.75) is 26.2 Å². The zero-order valence-electron chi connectivity index (χ0n) is 9.61. The van der Waals surface area contributed by atoms with Crippen LogP contribution < -0.4 is 0 Å². The van der Waals surface area contributed by atoms with E-state index in [4.69, 9.17) is 11.6 Å². The first-order valence-electron chi connectivity index (χ1n) is 5.40. The first-order valence-corrected chi connectivity index (χ1v) is 6.57. The molecule has 2 heterocycles. The number of nitrogens with zero attached hydrogens (tertiary/aromatic N) is 3. The van der Waals surface area contributed by atoms with Gasteiger partial charge in [-0.15, -0.1) is 0 Å². The molecule has 0 fully saturated rings. The molecular formula is C11H13BrClN3O. The minimum atomic E-state index is 0.0135. The smallest absolute Gasteiger partial charge is 0.171 e. The molecule has 0 aliphatic rings. The van der Waals surface area contributed by atoms with Crippen LogP contribution in [0.3, 0.4) is 0 Å². The first kappa shape index (κ1) is 12.8. The normalized spacial score (nSPS) is 13.2. The highest BCUT2D eigenvalue weighted by Gasteiger charge is 2.16. The summed E-state index contributed by atoms with van der Waals surface area (Å²) in [7, 11) is 0. The number of hydrogen-bond acceptors (Lipinski definition) is 3. The van der Waals surface area contributed by atoms with Gasteiger partial charge in [-0.05, 0) is 35.3 Å². The Bertz CT molecular complexity index is 551. The predicted molar refractivity (Wildman–Crippen MR) is 70.6 cm³/mol. The Morgan fingerprint density at radius 2 is 2.29 bits per heavy atom. The molecule has 0 spiro atoms. The van der Waals surface area contributed by atoms with E-state index in [2.05, 4.69) is 26.0 Å². The van der Waals surface area contributed by atoms with Gasteiger partial charge in [-0.2, -0.15) is 5.10 Å². The number of aliphatic hydroxyl groups excluding tert-OH is 1. The SMILES string of the molecule is CCC(CO)c1cc(Cl)n2nc(C)c(Br)c2n1. The molecule has 1 unspecified atom stereocenters. The zero-order chi connectivity index (χ0) is 12.6. The molecule has 0 aromatic carbocycles. The van der Waals surface area contributed by atoms with E-state index in [0.29, 0.717) is 10.8 Å². The van der Waals surface area contributed by atoms with Crippen LogP contribution in [0.2, 0.25) is 5.15 Å². The molecule has 17 heavy (non-hydrogen) atoms. The first-order chi connectivity index (χ1) is 8.08. The van der Waals surface area contributed by atoms with Crippen LogP contribution in [-0.2, 0) is 0 Å². The summed E-state index contributed by atoms with van der Waals surface area (Å²) in [5, 5.41) is 14.1. The fourth-order valence-electron chi connectivity index (χ4n) is 1.72. The highest BCUT2D eigenvalue weighted by atomic mass is 79.9. The van der Waals surface area contributed by atoms with Gasteiger partial charge in [-0.25, -0.2) is 9.50 Å². The molecule has 0 aliphatic carbocycles. The predicted octanol–water partition coefficient (Wildman–Crippen LogP) is 2.94. The lowest BCUT2D eigenvalue weighted by Crippen LogP contribution is -2.07. The van der Waals surface area contributed by atoms with Gasteiger partial charge >= 0.3 is 0 Å². The van der Waals surface area contributed by atoms with E-state index in [9.17, 15) is 5.11 Å². The summed E-state index contributed by atoms with van der Waals surface area (Å²) in [6.07, 6.45) is 0.820. The maximum atomic E-state index is 9.30. The molecule has 4 nitrogen and oxygen atoms in total. The van der Waals surface area contributed by atoms with Gasteiger partial charge in [0.25, 0.3) is 0 Å². The largest absolute Gasteiger partial charge is 0.396 e. The molecule has 2 aromatic rings. The molecule has 1 N–H and O–H groups in total. The molecule has 0 saturated heterocycles. The molecule has 0 radical (unpaired) electrons. The maximum Gasteiger partial charge on any atom is 0.171 e. The monoisotopic (exact) mass is 317 g/mol. The minimum Gasteiger partial charge on any atom is -0.396 e. The molecule has 0 aliphatic heterocycles. The third-order valence-electron chi connectivity index (χ3n) is 2.80. The van der Waals surface area contributed by atoms with E-state index < -0.39 is 0 Å². The van der Waals surface area contributed by atoms with Crippen molar-refractivity contribution < 1.29 is 5.11 Å². The van der Waals surface area contributed by atoms with Gasteiger partial charge in [-0.3, -0.25) is 0 Å². The van der Waals surface area contributed by atoms with Crippen LogP contribution in [0.15, 0.2) is 10.5 Å². The summed E-state index contributed by atoms with van der Waals surface area (Å²) in [4.78, 5) is 4.51. The summed E-state index contributed by atoms with van der Waals surface area (Å²) < 4.78 is 2.43. The third kappa shape index (κ3) is 2.19. The number of aryl methyl sites for hydroxylation is 1. The summed E-state index contributed by atoms with van der Waals surface area (Å²) >= 11 is 9.61. The number of rotatable bonds is 3. The van der Waals surface area contributed by atoms with Gasteiger partial charge in [0.2, 0.25) is 0 Å². The Kier molecular flexibility index (Phi) is 3.70. The molecule has 2 rings (SSSR count). The number of fused-ring (bicyclic) bond motifs is 1. The van der Waals surface area contributed by atoms with Crippen LogP contribution in [0.4, 0.5) is 0 Å². The van der Waals surface area contributed by atoms with Crippen molar-refractivity contribution in [1.29, 1.82) is 0 Å². The number of hydrogen-bond donors (Lipinski definition) is 1. The number of halogens is 2. The second-order valence-electron chi connectivity index (χ2n) is 3.93. The Labute approximate surface area is 113 Å². The summed E-state index contributed by atoms with van der Waals surface area (Å²) in [6.45, 7) is 3.97. The average Bonchev–Trinajstić information content (AvgIpc) is 2.59. The van der Waals surface area contributed by atoms with Gasteiger partial charge in [0.15, 0.2) is 5.65 Å². The van der Waals surface area contributed by atoms with Gasteiger partial charge in [0.1, 0.15) is 5.15 Å². The van der Waals surface area contributed by atoms with Crippen molar-refractivity contribution in [3.8, 4) is 0 Å². The van der Waals surface area contributed by atoms with Gasteiger partial charge in [0, 0.05) is 5.92 Å². The second kappa shape index (κ2) is 4.92. The fraction of sp³-hybridized carbons (Fsp3) is 0.455. The van der Waals surface area contributed by atoms with Crippen molar-refractivity contribution in [3.05, 3.63) is 27.1 Å². The van der Waals surface area contributed by atoms with E-state index in [1.807, 2.05) is 13.8 Å². The van der Waals surface area contributed by atoms with E-state index in [-0.39, 0.29) is 12.5 Å². The lowest BCUT2D eigenvalue weighted by Gasteiger charge is -2.11. The zero-order valence-corrected chi connectivity index (χ0v) is 12.0. The summed E-state index contributed by atoms with van der Waals surface area (Å²) in [5.74, 6) is 0.0135. The number of aromatic nitrogens is 3. The highest BCUT2D eigenvalue weighted by Crippen LogP contribution is 2.27. The van der Waals surface area contributed by atoms with Gasteiger partial charge < -0.3 is 5.11 Å². The standard InChI is InChI=1S/C11H13BrClN3O/c1-3-7(5-17)8-4-9(13)16-11(14-8)10(12)6(2)15-16/h4,7,17H,3,5H2,1-2H3. The van der Waals surface area contributed by atoms with Crippen molar-refractivity contribution in [2.75, 3.05) is 6.61 Å². The van der Waals surface area contributed by atoms with Crippen LogP contribution >= 0.6 is 27.5 Å². The number of aliphatic hydroxyl groups is 1. The van der Waals surface area contributed by atoms with Crippen molar-refractivity contribution >= 4 is 33.2 Å². The van der Waals surface area contributed by atoms with Crippen LogP contribution in [0.25, 0.3) is 5.65 Å². The topological polar surface area (TPSA) is 50.4 Å². The summed E-state index contributed by atoms with van der Waals surface area (Å²) in [6, 6.07) is 1.76. The van der Waals surface area contributed by atoms with E-state index >= 15 is 0 Å². The molecule has 6 heteroatoms. The Morgan fingerprint density at radius 1 is 1.59 bits per heavy atom. The Hall–Kier alpha value is -0.650. The van der Waals surface area contributed by atoms with E-state index in [1.54, 1.807) is 10.6 Å². The maximum absolute atomic E-state index is 9.30. The molecule has 1 atom stereocenters. The van der Waals surface area contributed by atoms with Gasteiger partial charge in [0.05, 0.1) is 22.5 Å². The van der Waals surface area contributed by atoms with Crippen molar-refractivity contribution in [3.63, 3.8) is 0 Å². The minimum absolute atomic E-state index is 0.0135. The molecule has 2 aromatic heterocycles. The lowest BCUT2D eigenvalue weighted by atomic mass is 10.0. The Morgan fingerprint density at radius 3 is 2.88 bits per heavy atom. The van der Waals surface area contributed by atoms with Crippen LogP contribution in [0.1, 0.15) is 30.7 Å². The van der Waals surface area contributed by atoms with Crippen LogP contribution in [-0.4, -0.2) is 26.3 Å². The third-order valence-corrected chi connectivity index (χ3v) is 4.00. The lowest BCUT2D eigenvalue weighted by molar-refractivity contribution is 0.260. The van der Waals surface area contributed by atoms with Gasteiger partial charge in [-0.1, -0.05) is 18.5 Å². The second-order valence-corrected chi connectivity index (χ2v) is 5.11. The molecular weight excluding hydrogens is 305 g/mol. The van der Waals surface area contributed by atoms with Crippen LogP contribution in [0.5, 0.6) is 0 Å². The molecule has 92 valence electrons. The highest BCUT2D eigenvalue weighted by molar-refractivity contribution is 9.10. The van der Waals surface area contributed by atoms with Crippen molar-refractivity contribution in [1.82, 2.24) is 14.6 Å². The Balaban J connectivity index is 2.65. The molecule has 0 bridgehead atoms. The van der Waals surface area contributed by atoms with E-state index in [0.717, 1.165) is 22.3 Å². The van der Waals surface area contributed by atoms with Crippen LogP contribution in [0, 0.1) is 6.92 Å². The fourth-order valence-corrected chi connectivity index (χ4v) is 2.29. The molecule has 0 saturated carbocycles. The van der Waals surface area contributed by atoms with Crippen molar-refractivity contribution in [2.24, 2.45) is 0 Å².